The van der Waals surface area contributed by atoms with Gasteiger partial charge < -0.3 is 4.57 Å². The number of amides is 1. The van der Waals surface area contributed by atoms with Gasteiger partial charge in [0.2, 0.25) is 5.91 Å². The lowest BCUT2D eigenvalue weighted by atomic mass is 10.2. The molecule has 2 heterocycles. The molecule has 0 bridgehead atoms. The molecule has 0 unspecified atom stereocenters. The number of carbonyl (C=O) groups excluding carboxylic acids is 1. The van der Waals surface area contributed by atoms with Crippen LogP contribution in [0.1, 0.15) is 23.4 Å². The lowest BCUT2D eigenvalue weighted by Crippen LogP contribution is -2.19. The Labute approximate surface area is 192 Å². The number of para-hydroxylation sites is 3. The number of aryl methyl sites for hydroxylation is 2. The highest BCUT2D eigenvalue weighted by atomic mass is 16.2. The maximum atomic E-state index is 12.5. The average molecular weight is 436 g/mol. The van der Waals surface area contributed by atoms with Gasteiger partial charge in [-0.2, -0.15) is 10.2 Å². The van der Waals surface area contributed by atoms with Crippen LogP contribution in [0, 0.1) is 13.8 Å². The smallest absolute Gasteiger partial charge is 0.241 e. The van der Waals surface area contributed by atoms with Gasteiger partial charge in [-0.25, -0.2) is 10.1 Å². The Morgan fingerprint density at radius 3 is 2.18 bits per heavy atom. The topological polar surface area (TPSA) is 64.2 Å². The molecule has 0 spiro atoms. The fourth-order valence-electron chi connectivity index (χ4n) is 4.34. The standard InChI is InChI=1S/C27H25N5O/c1-19-24(20(2)32(30-19)21-10-4-3-5-11-21)18-28-29-27(33)16-17-31-25-14-8-6-12-22(25)23-13-7-9-15-26(23)31/h3-15,18H,16-17H2,1-2H3,(H,29,33). The Balaban J connectivity index is 1.29. The Morgan fingerprint density at radius 1 is 0.909 bits per heavy atom. The zero-order valence-electron chi connectivity index (χ0n) is 18.7. The first kappa shape index (κ1) is 20.7. The summed E-state index contributed by atoms with van der Waals surface area (Å²) in [5, 5.41) is 11.2. The van der Waals surface area contributed by atoms with Crippen LogP contribution in [-0.2, 0) is 11.3 Å². The second-order valence-electron chi connectivity index (χ2n) is 8.06. The molecule has 164 valence electrons. The van der Waals surface area contributed by atoms with Crippen molar-refractivity contribution in [2.24, 2.45) is 5.10 Å². The van der Waals surface area contributed by atoms with Crippen LogP contribution in [0.4, 0.5) is 0 Å². The molecule has 0 aliphatic carbocycles. The normalized spacial score (nSPS) is 11.6. The Bertz CT molecular complexity index is 1420. The highest BCUT2D eigenvalue weighted by molar-refractivity contribution is 6.08. The van der Waals surface area contributed by atoms with Crippen molar-refractivity contribution in [3.05, 3.63) is 95.8 Å². The summed E-state index contributed by atoms with van der Waals surface area (Å²) in [6.45, 7) is 4.52. The molecule has 0 saturated heterocycles. The van der Waals surface area contributed by atoms with E-state index in [1.165, 1.54) is 10.8 Å². The van der Waals surface area contributed by atoms with Crippen LogP contribution in [0.3, 0.4) is 0 Å². The van der Waals surface area contributed by atoms with E-state index in [-0.39, 0.29) is 5.91 Å². The van der Waals surface area contributed by atoms with Crippen LogP contribution in [0.25, 0.3) is 27.5 Å². The van der Waals surface area contributed by atoms with Crippen molar-refractivity contribution in [3.8, 4) is 5.69 Å². The summed E-state index contributed by atoms with van der Waals surface area (Å²) in [5.74, 6) is -0.126. The molecule has 33 heavy (non-hydrogen) atoms. The van der Waals surface area contributed by atoms with E-state index in [9.17, 15) is 4.79 Å². The van der Waals surface area contributed by atoms with Gasteiger partial charge in [0.15, 0.2) is 0 Å². The number of benzene rings is 3. The Hall–Kier alpha value is -4.19. The molecule has 2 aromatic heterocycles. The largest absolute Gasteiger partial charge is 0.340 e. The van der Waals surface area contributed by atoms with E-state index in [0.717, 1.165) is 33.7 Å². The highest BCUT2D eigenvalue weighted by Gasteiger charge is 2.12. The number of nitrogens with one attached hydrogen (secondary N) is 1. The van der Waals surface area contributed by atoms with Gasteiger partial charge in [-0.05, 0) is 38.1 Å². The van der Waals surface area contributed by atoms with Gasteiger partial charge in [-0.3, -0.25) is 4.79 Å². The summed E-state index contributed by atoms with van der Waals surface area (Å²) in [4.78, 5) is 12.5. The van der Waals surface area contributed by atoms with Crippen LogP contribution in [0.2, 0.25) is 0 Å². The zero-order chi connectivity index (χ0) is 22.8. The van der Waals surface area contributed by atoms with Crippen molar-refractivity contribution < 1.29 is 4.79 Å². The van der Waals surface area contributed by atoms with Crippen LogP contribution < -0.4 is 5.43 Å². The van der Waals surface area contributed by atoms with Gasteiger partial charge >= 0.3 is 0 Å². The molecule has 0 atom stereocenters. The molecule has 6 nitrogen and oxygen atoms in total. The minimum absolute atomic E-state index is 0.126. The number of aromatic nitrogens is 3. The number of nitrogens with zero attached hydrogens (tertiary/aromatic N) is 4. The SMILES string of the molecule is Cc1nn(-c2ccccc2)c(C)c1C=NNC(=O)CCn1c2ccccc2c2ccccc21. The van der Waals surface area contributed by atoms with E-state index >= 15 is 0 Å². The summed E-state index contributed by atoms with van der Waals surface area (Å²) in [6.07, 6.45) is 2.01. The quantitative estimate of drug-likeness (QED) is 0.297. The van der Waals surface area contributed by atoms with Gasteiger partial charge in [-0.1, -0.05) is 54.6 Å². The second-order valence-corrected chi connectivity index (χ2v) is 8.06. The minimum atomic E-state index is -0.126. The first-order valence-corrected chi connectivity index (χ1v) is 11.0. The molecule has 5 rings (SSSR count). The van der Waals surface area contributed by atoms with Crippen molar-refractivity contribution in [1.29, 1.82) is 0 Å². The maximum Gasteiger partial charge on any atom is 0.241 e. The fraction of sp³-hybridized carbons (Fsp3) is 0.148. The molecule has 0 aliphatic heterocycles. The van der Waals surface area contributed by atoms with E-state index in [1.807, 2.05) is 73.1 Å². The van der Waals surface area contributed by atoms with Crippen molar-refractivity contribution in [2.75, 3.05) is 0 Å². The molecule has 6 heteroatoms. The van der Waals surface area contributed by atoms with E-state index in [1.54, 1.807) is 6.21 Å². The number of hydrogen-bond acceptors (Lipinski definition) is 3. The molecule has 0 radical (unpaired) electrons. The van der Waals surface area contributed by atoms with Crippen LogP contribution in [0.5, 0.6) is 0 Å². The number of hydrogen-bond donors (Lipinski definition) is 1. The molecule has 5 aromatic rings. The summed E-state index contributed by atoms with van der Waals surface area (Å²) in [7, 11) is 0. The summed E-state index contributed by atoms with van der Waals surface area (Å²) in [5.41, 5.74) is 8.67. The van der Waals surface area contributed by atoms with Crippen molar-refractivity contribution in [2.45, 2.75) is 26.8 Å². The molecule has 3 aromatic carbocycles. The van der Waals surface area contributed by atoms with Crippen LogP contribution >= 0.6 is 0 Å². The average Bonchev–Trinajstić information content (AvgIpc) is 3.32. The monoisotopic (exact) mass is 435 g/mol. The highest BCUT2D eigenvalue weighted by Crippen LogP contribution is 2.28. The van der Waals surface area contributed by atoms with Gasteiger partial charge in [0.05, 0.1) is 23.3 Å². The van der Waals surface area contributed by atoms with E-state index in [0.29, 0.717) is 13.0 Å². The van der Waals surface area contributed by atoms with Crippen molar-refractivity contribution >= 4 is 33.9 Å². The van der Waals surface area contributed by atoms with Crippen LogP contribution in [0.15, 0.2) is 84.0 Å². The third-order valence-corrected chi connectivity index (χ3v) is 5.97. The third-order valence-electron chi connectivity index (χ3n) is 5.97. The third kappa shape index (κ3) is 3.91. The second kappa shape index (κ2) is 8.74. The molecule has 1 amide bonds. The zero-order valence-corrected chi connectivity index (χ0v) is 18.7. The number of hydrazone groups is 1. The van der Waals surface area contributed by atoms with E-state index in [2.05, 4.69) is 44.5 Å². The Kier molecular flexibility index (Phi) is 5.48. The summed E-state index contributed by atoms with van der Waals surface area (Å²) in [6, 6.07) is 26.6. The van der Waals surface area contributed by atoms with Crippen molar-refractivity contribution in [1.82, 2.24) is 19.8 Å². The predicted octanol–water partition coefficient (Wildman–Crippen LogP) is 5.14. The lowest BCUT2D eigenvalue weighted by molar-refractivity contribution is -0.121. The first-order valence-electron chi connectivity index (χ1n) is 11.0. The van der Waals surface area contributed by atoms with E-state index < -0.39 is 0 Å². The molecular weight excluding hydrogens is 410 g/mol. The minimum Gasteiger partial charge on any atom is -0.340 e. The molecule has 0 fully saturated rings. The fourth-order valence-corrected chi connectivity index (χ4v) is 4.34. The van der Waals surface area contributed by atoms with Gasteiger partial charge in [0.1, 0.15) is 0 Å². The summed E-state index contributed by atoms with van der Waals surface area (Å²) >= 11 is 0. The van der Waals surface area contributed by atoms with Gasteiger partial charge in [0, 0.05) is 40.3 Å². The van der Waals surface area contributed by atoms with Crippen molar-refractivity contribution in [3.63, 3.8) is 0 Å². The van der Waals surface area contributed by atoms with Gasteiger partial charge in [0.25, 0.3) is 0 Å². The number of carbonyl (C=O) groups is 1. The molecule has 0 aliphatic rings. The summed E-state index contributed by atoms with van der Waals surface area (Å²) < 4.78 is 4.09. The molecule has 1 N–H and O–H groups in total. The predicted molar refractivity (Wildman–Crippen MR) is 133 cm³/mol. The number of fused-ring (bicyclic) bond motifs is 3. The number of rotatable bonds is 6. The molecular formula is C27H25N5O. The Morgan fingerprint density at radius 2 is 1.52 bits per heavy atom. The van der Waals surface area contributed by atoms with E-state index in [4.69, 9.17) is 0 Å². The molecule has 0 saturated carbocycles. The maximum absolute atomic E-state index is 12.5. The van der Waals surface area contributed by atoms with Crippen LogP contribution in [-0.4, -0.2) is 26.5 Å². The first-order chi connectivity index (χ1) is 16.1. The lowest BCUT2D eigenvalue weighted by Gasteiger charge is -2.06. The van der Waals surface area contributed by atoms with Gasteiger partial charge in [-0.15, -0.1) is 0 Å².